The number of carbonyl (C=O) groups excluding carboxylic acids is 1. The summed E-state index contributed by atoms with van der Waals surface area (Å²) in [5, 5.41) is 8.91. The number of hydrogen-bond donors (Lipinski definition) is 3. The first kappa shape index (κ1) is 11.6. The molecule has 1 aromatic carbocycles. The predicted octanol–water partition coefficient (Wildman–Crippen LogP) is 1.03. The molecule has 0 aliphatic rings. The van der Waals surface area contributed by atoms with Crippen molar-refractivity contribution >= 4 is 11.6 Å². The lowest BCUT2D eigenvalue weighted by molar-refractivity contribution is 0.246. The van der Waals surface area contributed by atoms with Gasteiger partial charge in [-0.15, -0.1) is 0 Å². The number of nitrogens with zero attached hydrogens (tertiary/aromatic N) is 1. The minimum Gasteiger partial charge on any atom is -0.350 e. The van der Waals surface area contributed by atoms with E-state index in [9.17, 15) is 4.79 Å². The van der Waals surface area contributed by atoms with Gasteiger partial charge in [-0.3, -0.25) is 5.43 Å². The molecule has 1 rings (SSSR count). The topological polar surface area (TPSA) is 90.9 Å². The van der Waals surface area contributed by atoms with Crippen molar-refractivity contribution in [3.8, 4) is 6.07 Å². The molecule has 0 bridgehead atoms. The Morgan fingerprint density at radius 1 is 1.44 bits per heavy atom. The van der Waals surface area contributed by atoms with E-state index < -0.39 is 6.03 Å². The highest BCUT2D eigenvalue weighted by Gasteiger charge is 1.99. The van der Waals surface area contributed by atoms with E-state index >= 15 is 0 Å². The van der Waals surface area contributed by atoms with Crippen LogP contribution in [0.5, 0.6) is 0 Å². The fourth-order valence-electron chi connectivity index (χ4n) is 1.09. The highest BCUT2D eigenvalue weighted by Crippen LogP contribution is 2.12. The molecule has 0 aliphatic carbocycles. The molecule has 4 N–H and O–H groups in total. The van der Waals surface area contributed by atoms with Gasteiger partial charge < -0.3 is 11.2 Å². The van der Waals surface area contributed by atoms with E-state index in [1.165, 1.54) is 6.20 Å². The normalized spacial score (nSPS) is 10.4. The van der Waals surface area contributed by atoms with Crippen LogP contribution in [-0.4, -0.2) is 6.03 Å². The number of aryl methyl sites for hydroxylation is 1. The fourth-order valence-corrected chi connectivity index (χ4v) is 1.09. The third-order valence-corrected chi connectivity index (χ3v) is 1.89. The van der Waals surface area contributed by atoms with Crippen LogP contribution >= 0.6 is 0 Å². The van der Waals surface area contributed by atoms with Crippen LogP contribution < -0.4 is 16.6 Å². The number of allylic oxidation sites excluding steroid dienone is 1. The lowest BCUT2D eigenvalue weighted by Gasteiger charge is -2.02. The molecule has 0 saturated heterocycles. The molecular formula is C11H12N4O. The Hall–Kier alpha value is -2.48. The predicted molar refractivity (Wildman–Crippen MR) is 60.6 cm³/mol. The Morgan fingerprint density at radius 2 is 2.06 bits per heavy atom. The average molecular weight is 216 g/mol. The van der Waals surface area contributed by atoms with Gasteiger partial charge in [-0.1, -0.05) is 29.8 Å². The van der Waals surface area contributed by atoms with E-state index in [4.69, 9.17) is 11.0 Å². The first-order valence-electron chi connectivity index (χ1n) is 4.62. The van der Waals surface area contributed by atoms with Crippen molar-refractivity contribution in [1.29, 1.82) is 5.26 Å². The van der Waals surface area contributed by atoms with E-state index in [0.29, 0.717) is 5.57 Å². The second-order valence-electron chi connectivity index (χ2n) is 3.17. The van der Waals surface area contributed by atoms with Crippen LogP contribution in [0, 0.1) is 18.3 Å². The number of nitrogens with one attached hydrogen (secondary N) is 2. The number of primary amides is 1. The Kier molecular flexibility index (Phi) is 3.92. The van der Waals surface area contributed by atoms with Crippen molar-refractivity contribution < 1.29 is 4.79 Å². The summed E-state index contributed by atoms with van der Waals surface area (Å²) < 4.78 is 0. The summed E-state index contributed by atoms with van der Waals surface area (Å²) in [4.78, 5) is 10.4. The molecule has 0 fully saturated rings. The molecule has 0 unspecified atom stereocenters. The lowest BCUT2D eigenvalue weighted by Crippen LogP contribution is -2.37. The third kappa shape index (κ3) is 3.35. The highest BCUT2D eigenvalue weighted by atomic mass is 16.2. The maximum atomic E-state index is 10.4. The maximum absolute atomic E-state index is 10.4. The van der Waals surface area contributed by atoms with Crippen molar-refractivity contribution in [2.75, 3.05) is 0 Å². The zero-order chi connectivity index (χ0) is 12.0. The Labute approximate surface area is 93.5 Å². The van der Waals surface area contributed by atoms with Crippen LogP contribution in [0.25, 0.3) is 5.57 Å². The van der Waals surface area contributed by atoms with E-state index in [1.54, 1.807) is 0 Å². The summed E-state index contributed by atoms with van der Waals surface area (Å²) in [6, 6.07) is 8.78. The molecular weight excluding hydrogens is 204 g/mol. The monoisotopic (exact) mass is 216 g/mol. The van der Waals surface area contributed by atoms with Crippen LogP contribution in [0.1, 0.15) is 11.1 Å². The van der Waals surface area contributed by atoms with Crippen molar-refractivity contribution in [1.82, 2.24) is 10.9 Å². The molecule has 0 aliphatic heterocycles. The van der Waals surface area contributed by atoms with Crippen LogP contribution in [0.4, 0.5) is 4.79 Å². The van der Waals surface area contributed by atoms with Gasteiger partial charge in [0.05, 0.1) is 5.57 Å². The number of hydrogen-bond acceptors (Lipinski definition) is 3. The zero-order valence-electron chi connectivity index (χ0n) is 8.82. The molecule has 5 nitrogen and oxygen atoms in total. The fraction of sp³-hybridized carbons (Fsp3) is 0.0909. The van der Waals surface area contributed by atoms with Gasteiger partial charge in [0.15, 0.2) is 0 Å². The van der Waals surface area contributed by atoms with Gasteiger partial charge >= 0.3 is 6.03 Å². The number of amides is 2. The molecule has 2 amide bonds. The van der Waals surface area contributed by atoms with E-state index in [-0.39, 0.29) is 0 Å². The summed E-state index contributed by atoms with van der Waals surface area (Å²) in [6.45, 7) is 1.96. The van der Waals surface area contributed by atoms with E-state index in [2.05, 4.69) is 10.9 Å². The minimum atomic E-state index is -0.711. The van der Waals surface area contributed by atoms with Gasteiger partial charge in [0.25, 0.3) is 0 Å². The molecule has 82 valence electrons. The number of rotatable bonds is 3. The second-order valence-corrected chi connectivity index (χ2v) is 3.17. The van der Waals surface area contributed by atoms with Crippen molar-refractivity contribution in [2.45, 2.75) is 6.92 Å². The van der Waals surface area contributed by atoms with Crippen molar-refractivity contribution in [3.05, 3.63) is 41.6 Å². The van der Waals surface area contributed by atoms with Crippen LogP contribution in [0.2, 0.25) is 0 Å². The largest absolute Gasteiger partial charge is 0.350 e. The van der Waals surface area contributed by atoms with Crippen LogP contribution in [0.3, 0.4) is 0 Å². The van der Waals surface area contributed by atoms with Gasteiger partial charge in [0, 0.05) is 6.20 Å². The molecule has 5 heteroatoms. The first-order valence-corrected chi connectivity index (χ1v) is 4.62. The average Bonchev–Trinajstić information content (AvgIpc) is 2.26. The molecule has 1 aromatic rings. The molecule has 0 radical (unpaired) electrons. The van der Waals surface area contributed by atoms with Gasteiger partial charge in [-0.2, -0.15) is 5.26 Å². The Bertz CT molecular complexity index is 442. The molecule has 0 aromatic heterocycles. The number of nitrogens with two attached hydrogens (primary N) is 1. The summed E-state index contributed by atoms with van der Waals surface area (Å²) in [7, 11) is 0. The van der Waals surface area contributed by atoms with Crippen molar-refractivity contribution in [2.24, 2.45) is 5.73 Å². The molecule has 0 atom stereocenters. The highest BCUT2D eigenvalue weighted by molar-refractivity contribution is 5.77. The summed E-state index contributed by atoms with van der Waals surface area (Å²) in [6.07, 6.45) is 1.38. The molecule has 0 spiro atoms. The summed E-state index contributed by atoms with van der Waals surface area (Å²) >= 11 is 0. The van der Waals surface area contributed by atoms with Crippen molar-refractivity contribution in [3.63, 3.8) is 0 Å². The first-order chi connectivity index (χ1) is 7.63. The number of carbonyl (C=O) groups is 1. The summed E-state index contributed by atoms with van der Waals surface area (Å²) in [5.41, 5.74) is 11.7. The molecule has 0 heterocycles. The van der Waals surface area contributed by atoms with E-state index in [1.807, 2.05) is 37.3 Å². The maximum Gasteiger partial charge on any atom is 0.330 e. The van der Waals surface area contributed by atoms with Gasteiger partial charge in [-0.05, 0) is 12.5 Å². The zero-order valence-corrected chi connectivity index (χ0v) is 8.82. The quantitative estimate of drug-likeness (QED) is 0.520. The van der Waals surface area contributed by atoms with Crippen LogP contribution in [-0.2, 0) is 0 Å². The van der Waals surface area contributed by atoms with Gasteiger partial charge in [-0.25, -0.2) is 4.79 Å². The molecule has 0 saturated carbocycles. The third-order valence-electron chi connectivity index (χ3n) is 1.89. The van der Waals surface area contributed by atoms with Gasteiger partial charge in [0.2, 0.25) is 0 Å². The SMILES string of the molecule is Cc1ccc(/C(C#N)=C/NNC(N)=O)cc1. The Balaban J connectivity index is 2.78. The molecule has 16 heavy (non-hydrogen) atoms. The second kappa shape index (κ2) is 5.41. The number of hydrazine groups is 1. The number of urea groups is 1. The Morgan fingerprint density at radius 3 is 2.56 bits per heavy atom. The standard InChI is InChI=1S/C11H12N4O/c1-8-2-4-9(5-3-8)10(6-12)7-14-15-11(13)16/h2-5,7,14H,1H3,(H3,13,15,16)/b10-7+. The lowest BCUT2D eigenvalue weighted by atomic mass is 10.1. The van der Waals surface area contributed by atoms with E-state index in [0.717, 1.165) is 11.1 Å². The van der Waals surface area contributed by atoms with Gasteiger partial charge in [0.1, 0.15) is 6.07 Å². The number of benzene rings is 1. The van der Waals surface area contributed by atoms with Crippen LogP contribution in [0.15, 0.2) is 30.5 Å². The summed E-state index contributed by atoms with van der Waals surface area (Å²) in [5.74, 6) is 0. The number of nitriles is 1. The smallest absolute Gasteiger partial charge is 0.330 e. The minimum absolute atomic E-state index is 0.411.